The summed E-state index contributed by atoms with van der Waals surface area (Å²) in [5, 5.41) is 0. The first-order chi connectivity index (χ1) is 8.86. The molecule has 0 N–H and O–H groups in total. The van der Waals surface area contributed by atoms with Crippen molar-refractivity contribution in [1.29, 1.82) is 0 Å². The van der Waals surface area contributed by atoms with Gasteiger partial charge in [0.05, 0.1) is 5.69 Å². The maximum atomic E-state index is 4.71. The Morgan fingerprint density at radius 1 is 1.22 bits per heavy atom. The van der Waals surface area contributed by atoms with E-state index in [0.29, 0.717) is 0 Å². The number of fused-ring (bicyclic) bond motifs is 1. The normalized spacial score (nSPS) is 15.4. The zero-order valence-electron chi connectivity index (χ0n) is 10.6. The average molecular weight is 239 g/mol. The molecule has 0 aliphatic carbocycles. The van der Waals surface area contributed by atoms with Crippen molar-refractivity contribution in [3.05, 3.63) is 47.8 Å². The lowest BCUT2D eigenvalue weighted by molar-refractivity contribution is 0.265. The summed E-state index contributed by atoms with van der Waals surface area (Å²) < 4.78 is 0. The van der Waals surface area contributed by atoms with Crippen LogP contribution in [0.25, 0.3) is 11.4 Å². The van der Waals surface area contributed by atoms with E-state index in [1.165, 1.54) is 11.3 Å². The molecule has 2 aromatic rings. The molecule has 1 aromatic heterocycles. The molecule has 0 spiro atoms. The second-order valence-corrected chi connectivity index (χ2v) is 4.65. The standard InChI is InChI=1S/C15H17N3/c1-2-18-9-8-14-13(11-18)10-16-15(17-14)12-6-4-3-5-7-12/h3-7,10H,2,8-9,11H2,1H3. The highest BCUT2D eigenvalue weighted by molar-refractivity contribution is 5.54. The van der Waals surface area contributed by atoms with Crippen LogP contribution in [0.4, 0.5) is 0 Å². The zero-order valence-corrected chi connectivity index (χ0v) is 10.6. The van der Waals surface area contributed by atoms with E-state index < -0.39 is 0 Å². The van der Waals surface area contributed by atoms with Gasteiger partial charge in [-0.3, -0.25) is 4.90 Å². The summed E-state index contributed by atoms with van der Waals surface area (Å²) in [4.78, 5) is 11.6. The lowest BCUT2D eigenvalue weighted by Crippen LogP contribution is -2.31. The average Bonchev–Trinajstić information content (AvgIpc) is 2.47. The van der Waals surface area contributed by atoms with Gasteiger partial charge in [-0.1, -0.05) is 37.3 Å². The maximum absolute atomic E-state index is 4.71. The molecule has 3 rings (SSSR count). The van der Waals surface area contributed by atoms with Gasteiger partial charge < -0.3 is 0 Å². The first kappa shape index (κ1) is 11.4. The van der Waals surface area contributed by atoms with Crippen LogP contribution < -0.4 is 0 Å². The topological polar surface area (TPSA) is 29.0 Å². The van der Waals surface area contributed by atoms with Crippen LogP contribution in [0.3, 0.4) is 0 Å². The van der Waals surface area contributed by atoms with Crippen LogP contribution in [0.2, 0.25) is 0 Å². The van der Waals surface area contributed by atoms with Gasteiger partial charge in [0.15, 0.2) is 5.82 Å². The van der Waals surface area contributed by atoms with Crippen LogP contribution in [-0.4, -0.2) is 28.0 Å². The Kier molecular flexibility index (Phi) is 3.07. The van der Waals surface area contributed by atoms with Gasteiger partial charge in [0.2, 0.25) is 0 Å². The van der Waals surface area contributed by atoms with E-state index in [4.69, 9.17) is 4.98 Å². The Morgan fingerprint density at radius 3 is 2.83 bits per heavy atom. The third-order valence-corrected chi connectivity index (χ3v) is 3.49. The Bertz CT molecular complexity index is 537. The van der Waals surface area contributed by atoms with Crippen LogP contribution in [0.15, 0.2) is 36.5 Å². The molecule has 0 saturated carbocycles. The quantitative estimate of drug-likeness (QED) is 0.806. The Labute approximate surface area is 108 Å². The van der Waals surface area contributed by atoms with Crippen molar-refractivity contribution in [2.75, 3.05) is 13.1 Å². The number of hydrogen-bond donors (Lipinski definition) is 0. The van der Waals surface area contributed by atoms with Gasteiger partial charge in [-0.25, -0.2) is 9.97 Å². The van der Waals surface area contributed by atoms with Crippen molar-refractivity contribution in [1.82, 2.24) is 14.9 Å². The van der Waals surface area contributed by atoms with Crippen molar-refractivity contribution in [2.45, 2.75) is 19.9 Å². The van der Waals surface area contributed by atoms with Gasteiger partial charge in [0.25, 0.3) is 0 Å². The highest BCUT2D eigenvalue weighted by Gasteiger charge is 2.17. The van der Waals surface area contributed by atoms with E-state index >= 15 is 0 Å². The molecule has 92 valence electrons. The van der Waals surface area contributed by atoms with Gasteiger partial charge in [-0.05, 0) is 6.54 Å². The smallest absolute Gasteiger partial charge is 0.159 e. The lowest BCUT2D eigenvalue weighted by Gasteiger charge is -2.26. The number of likely N-dealkylation sites (N-methyl/N-ethyl adjacent to an activating group) is 1. The van der Waals surface area contributed by atoms with Gasteiger partial charge in [-0.2, -0.15) is 0 Å². The SMILES string of the molecule is CCN1CCc2nc(-c3ccccc3)ncc2C1. The Hall–Kier alpha value is -1.74. The molecule has 0 radical (unpaired) electrons. The number of aromatic nitrogens is 2. The third-order valence-electron chi connectivity index (χ3n) is 3.49. The van der Waals surface area contributed by atoms with Crippen LogP contribution in [0.1, 0.15) is 18.2 Å². The maximum Gasteiger partial charge on any atom is 0.159 e. The molecule has 0 amide bonds. The molecule has 2 heterocycles. The van der Waals surface area contributed by atoms with Crippen molar-refractivity contribution in [2.24, 2.45) is 0 Å². The molecule has 0 saturated heterocycles. The highest BCUT2D eigenvalue weighted by atomic mass is 15.1. The predicted octanol–water partition coefficient (Wildman–Crippen LogP) is 2.52. The van der Waals surface area contributed by atoms with Crippen molar-refractivity contribution in [3.8, 4) is 11.4 Å². The molecule has 3 heteroatoms. The van der Waals surface area contributed by atoms with Crippen LogP contribution in [0, 0.1) is 0 Å². The Morgan fingerprint density at radius 2 is 2.06 bits per heavy atom. The molecule has 18 heavy (non-hydrogen) atoms. The molecule has 1 aliphatic rings. The summed E-state index contributed by atoms with van der Waals surface area (Å²) in [7, 11) is 0. The molecule has 1 aromatic carbocycles. The van der Waals surface area contributed by atoms with Crippen molar-refractivity contribution >= 4 is 0 Å². The second kappa shape index (κ2) is 4.86. The Balaban J connectivity index is 1.93. The summed E-state index contributed by atoms with van der Waals surface area (Å²) in [5.41, 5.74) is 3.59. The first-order valence-corrected chi connectivity index (χ1v) is 6.49. The minimum atomic E-state index is 0.847. The van der Waals surface area contributed by atoms with Crippen molar-refractivity contribution in [3.63, 3.8) is 0 Å². The molecule has 0 atom stereocenters. The van der Waals surface area contributed by atoms with Crippen LogP contribution in [0.5, 0.6) is 0 Å². The largest absolute Gasteiger partial charge is 0.299 e. The fourth-order valence-electron chi connectivity index (χ4n) is 2.37. The fraction of sp³-hybridized carbons (Fsp3) is 0.333. The highest BCUT2D eigenvalue weighted by Crippen LogP contribution is 2.20. The van der Waals surface area contributed by atoms with Crippen molar-refractivity contribution < 1.29 is 0 Å². The number of rotatable bonds is 2. The van der Waals surface area contributed by atoms with E-state index in [0.717, 1.165) is 37.4 Å². The summed E-state index contributed by atoms with van der Waals surface area (Å²) >= 11 is 0. The zero-order chi connectivity index (χ0) is 12.4. The van der Waals surface area contributed by atoms with E-state index in [1.807, 2.05) is 24.4 Å². The fourth-order valence-corrected chi connectivity index (χ4v) is 2.37. The van der Waals surface area contributed by atoms with Gasteiger partial charge in [-0.15, -0.1) is 0 Å². The minimum Gasteiger partial charge on any atom is -0.299 e. The summed E-state index contributed by atoms with van der Waals surface area (Å²) in [5.74, 6) is 0.847. The second-order valence-electron chi connectivity index (χ2n) is 4.65. The van der Waals surface area contributed by atoms with E-state index in [2.05, 4.69) is 28.9 Å². The lowest BCUT2D eigenvalue weighted by atomic mass is 10.1. The molecular weight excluding hydrogens is 222 g/mol. The van der Waals surface area contributed by atoms with E-state index in [1.54, 1.807) is 0 Å². The molecule has 3 nitrogen and oxygen atoms in total. The first-order valence-electron chi connectivity index (χ1n) is 6.49. The molecule has 0 bridgehead atoms. The number of hydrogen-bond acceptors (Lipinski definition) is 3. The van der Waals surface area contributed by atoms with Gasteiger partial charge >= 0.3 is 0 Å². The minimum absolute atomic E-state index is 0.847. The summed E-state index contributed by atoms with van der Waals surface area (Å²) in [6, 6.07) is 10.2. The van der Waals surface area contributed by atoms with Gasteiger partial charge in [0.1, 0.15) is 0 Å². The van der Waals surface area contributed by atoms with Gasteiger partial charge in [0, 0.05) is 36.8 Å². The molecule has 0 fully saturated rings. The number of nitrogens with zero attached hydrogens (tertiary/aromatic N) is 3. The third kappa shape index (κ3) is 2.14. The monoisotopic (exact) mass is 239 g/mol. The molecule has 1 aliphatic heterocycles. The predicted molar refractivity (Wildman–Crippen MR) is 72.1 cm³/mol. The summed E-state index contributed by atoms with van der Waals surface area (Å²) in [6.07, 6.45) is 3.03. The molecular formula is C15H17N3. The number of benzene rings is 1. The van der Waals surface area contributed by atoms with Crippen LogP contribution in [-0.2, 0) is 13.0 Å². The van der Waals surface area contributed by atoms with E-state index in [-0.39, 0.29) is 0 Å². The summed E-state index contributed by atoms with van der Waals surface area (Å²) in [6.45, 7) is 5.39. The molecule has 0 unspecified atom stereocenters. The van der Waals surface area contributed by atoms with Crippen LogP contribution >= 0.6 is 0 Å². The van der Waals surface area contributed by atoms with E-state index in [9.17, 15) is 0 Å².